The second-order valence-corrected chi connectivity index (χ2v) is 5.50. The second kappa shape index (κ2) is 5.40. The molecule has 1 aromatic rings. The van der Waals surface area contributed by atoms with Crippen LogP contribution in [-0.4, -0.2) is 61.4 Å². The number of ether oxygens (including phenoxy) is 1. The van der Waals surface area contributed by atoms with Crippen molar-refractivity contribution in [1.82, 2.24) is 15.0 Å². The molecule has 0 radical (unpaired) electrons. The van der Waals surface area contributed by atoms with Gasteiger partial charge in [0.1, 0.15) is 0 Å². The van der Waals surface area contributed by atoms with Crippen molar-refractivity contribution in [2.24, 2.45) is 0 Å². The highest BCUT2D eigenvalue weighted by molar-refractivity contribution is 5.45. The number of nitrogens with one attached hydrogen (secondary N) is 1. The second-order valence-electron chi connectivity index (χ2n) is 5.50. The Bertz CT molecular complexity index is 480. The summed E-state index contributed by atoms with van der Waals surface area (Å²) in [6, 6.07) is 0.408. The monoisotopic (exact) mass is 278 g/mol. The molecule has 3 rings (SSSR count). The van der Waals surface area contributed by atoms with Crippen LogP contribution in [0.3, 0.4) is 0 Å². The first-order valence-electron chi connectivity index (χ1n) is 7.18. The Labute approximate surface area is 119 Å². The minimum absolute atomic E-state index is 0.335. The molecule has 1 saturated heterocycles. The molecule has 0 amide bonds. The topological polar surface area (TPSA) is 66.4 Å². The molecule has 1 saturated carbocycles. The lowest BCUT2D eigenvalue weighted by Crippen LogP contribution is -2.49. The molecular weight excluding hydrogens is 256 g/mol. The number of aromatic nitrogens is 3. The van der Waals surface area contributed by atoms with E-state index in [1.54, 1.807) is 0 Å². The summed E-state index contributed by atoms with van der Waals surface area (Å²) in [4.78, 5) is 17.7. The van der Waals surface area contributed by atoms with E-state index in [2.05, 4.69) is 25.2 Å². The van der Waals surface area contributed by atoms with Crippen molar-refractivity contribution in [3.8, 4) is 0 Å². The predicted molar refractivity (Wildman–Crippen MR) is 78.4 cm³/mol. The lowest BCUT2D eigenvalue weighted by atomic mass is 10.1. The van der Waals surface area contributed by atoms with Crippen LogP contribution in [0.4, 0.5) is 17.8 Å². The van der Waals surface area contributed by atoms with Crippen molar-refractivity contribution in [3.05, 3.63) is 0 Å². The first-order chi connectivity index (χ1) is 9.69. The van der Waals surface area contributed by atoms with Crippen LogP contribution in [0.2, 0.25) is 0 Å². The van der Waals surface area contributed by atoms with Crippen molar-refractivity contribution >= 4 is 17.8 Å². The van der Waals surface area contributed by atoms with Gasteiger partial charge in [-0.25, -0.2) is 0 Å². The number of rotatable bonds is 3. The van der Waals surface area contributed by atoms with Gasteiger partial charge in [-0.2, -0.15) is 15.0 Å². The van der Waals surface area contributed by atoms with E-state index in [0.29, 0.717) is 24.0 Å². The molecule has 7 nitrogen and oxygen atoms in total. The quantitative estimate of drug-likeness (QED) is 0.874. The molecule has 2 unspecified atom stereocenters. The summed E-state index contributed by atoms with van der Waals surface area (Å²) in [5, 5.41) is 3.01. The maximum atomic E-state index is 5.85. The van der Waals surface area contributed by atoms with Crippen LogP contribution in [0.25, 0.3) is 0 Å². The Balaban J connectivity index is 1.93. The fourth-order valence-corrected chi connectivity index (χ4v) is 2.97. The van der Waals surface area contributed by atoms with Crippen LogP contribution in [0.15, 0.2) is 0 Å². The first kappa shape index (κ1) is 13.4. The summed E-state index contributed by atoms with van der Waals surface area (Å²) in [6.07, 6.45) is 3.85. The highest BCUT2D eigenvalue weighted by Crippen LogP contribution is 2.32. The normalized spacial score (nSPS) is 25.4. The summed E-state index contributed by atoms with van der Waals surface area (Å²) >= 11 is 0. The fourth-order valence-electron chi connectivity index (χ4n) is 2.97. The van der Waals surface area contributed by atoms with Gasteiger partial charge in [0.05, 0.1) is 18.8 Å². The van der Waals surface area contributed by atoms with E-state index in [0.717, 1.165) is 31.9 Å². The van der Waals surface area contributed by atoms with E-state index < -0.39 is 0 Å². The van der Waals surface area contributed by atoms with E-state index >= 15 is 0 Å². The van der Waals surface area contributed by atoms with Gasteiger partial charge in [-0.3, -0.25) is 0 Å². The van der Waals surface area contributed by atoms with Crippen molar-refractivity contribution in [2.45, 2.75) is 31.4 Å². The molecule has 0 bridgehead atoms. The van der Waals surface area contributed by atoms with E-state index in [-0.39, 0.29) is 0 Å². The molecule has 7 heteroatoms. The highest BCUT2D eigenvalue weighted by atomic mass is 16.5. The van der Waals surface area contributed by atoms with Crippen LogP contribution in [-0.2, 0) is 4.74 Å². The molecular formula is C13H22N6O. The third kappa shape index (κ3) is 2.37. The predicted octanol–water partition coefficient (Wildman–Crippen LogP) is 0.737. The van der Waals surface area contributed by atoms with Gasteiger partial charge in [-0.15, -0.1) is 0 Å². The third-order valence-electron chi connectivity index (χ3n) is 3.97. The van der Waals surface area contributed by atoms with Gasteiger partial charge < -0.3 is 19.9 Å². The fraction of sp³-hybridized carbons (Fsp3) is 0.769. The molecule has 1 aliphatic carbocycles. The zero-order valence-electron chi connectivity index (χ0n) is 12.3. The highest BCUT2D eigenvalue weighted by Gasteiger charge is 2.37. The maximum absolute atomic E-state index is 5.85. The Hall–Kier alpha value is -1.63. The zero-order chi connectivity index (χ0) is 14.1. The molecule has 110 valence electrons. The lowest BCUT2D eigenvalue weighted by molar-refractivity contribution is 0.0250. The largest absolute Gasteiger partial charge is 0.374 e. The molecule has 2 heterocycles. The van der Waals surface area contributed by atoms with Crippen LogP contribution < -0.4 is 15.1 Å². The molecule has 2 atom stereocenters. The molecule has 2 fully saturated rings. The molecule has 2 aliphatic rings. The molecule has 1 N–H and O–H groups in total. The molecule has 1 aromatic heterocycles. The Morgan fingerprint density at radius 3 is 2.85 bits per heavy atom. The average molecular weight is 278 g/mol. The third-order valence-corrected chi connectivity index (χ3v) is 3.97. The van der Waals surface area contributed by atoms with Crippen molar-refractivity contribution in [1.29, 1.82) is 0 Å². The lowest BCUT2D eigenvalue weighted by Gasteiger charge is -2.37. The Morgan fingerprint density at radius 2 is 2.10 bits per heavy atom. The molecule has 0 aromatic carbocycles. The van der Waals surface area contributed by atoms with Gasteiger partial charge in [0, 0.05) is 27.7 Å². The number of morpholine rings is 1. The number of nitrogens with zero attached hydrogens (tertiary/aromatic N) is 5. The summed E-state index contributed by atoms with van der Waals surface area (Å²) in [5.41, 5.74) is 0. The van der Waals surface area contributed by atoms with Gasteiger partial charge >= 0.3 is 0 Å². The summed E-state index contributed by atoms with van der Waals surface area (Å²) < 4.78 is 5.85. The zero-order valence-corrected chi connectivity index (χ0v) is 12.3. The van der Waals surface area contributed by atoms with Crippen LogP contribution in [0.1, 0.15) is 19.3 Å². The number of hydrogen-bond donors (Lipinski definition) is 1. The molecule has 1 aliphatic heterocycles. The SMILES string of the molecule is CNc1nc(N(C)C)nc(N2CCOC3CCCC32)n1. The van der Waals surface area contributed by atoms with Crippen LogP contribution >= 0.6 is 0 Å². The Morgan fingerprint density at radius 1 is 1.25 bits per heavy atom. The van der Waals surface area contributed by atoms with Gasteiger partial charge in [0.15, 0.2) is 0 Å². The Kier molecular flexibility index (Phi) is 3.60. The minimum atomic E-state index is 0.335. The van der Waals surface area contributed by atoms with Gasteiger partial charge in [0.25, 0.3) is 0 Å². The van der Waals surface area contributed by atoms with Gasteiger partial charge in [0.2, 0.25) is 17.8 Å². The van der Waals surface area contributed by atoms with Gasteiger partial charge in [-0.05, 0) is 19.3 Å². The van der Waals surface area contributed by atoms with Crippen LogP contribution in [0.5, 0.6) is 0 Å². The number of hydrogen-bond acceptors (Lipinski definition) is 7. The van der Waals surface area contributed by atoms with Crippen LogP contribution in [0, 0.1) is 0 Å². The van der Waals surface area contributed by atoms with E-state index in [9.17, 15) is 0 Å². The standard InChI is InChI=1S/C13H22N6O/c1-14-11-15-12(18(2)3)17-13(16-11)19-7-8-20-10-6-4-5-9(10)19/h9-10H,4-8H2,1-3H3,(H,14,15,16,17). The minimum Gasteiger partial charge on any atom is -0.374 e. The number of anilines is 3. The van der Waals surface area contributed by atoms with E-state index in [1.165, 1.54) is 6.42 Å². The van der Waals surface area contributed by atoms with Crippen molar-refractivity contribution in [2.75, 3.05) is 49.4 Å². The maximum Gasteiger partial charge on any atom is 0.232 e. The average Bonchev–Trinajstić information content (AvgIpc) is 2.94. The smallest absolute Gasteiger partial charge is 0.232 e. The van der Waals surface area contributed by atoms with Gasteiger partial charge in [-0.1, -0.05) is 0 Å². The van der Waals surface area contributed by atoms with E-state index in [4.69, 9.17) is 4.74 Å². The summed E-state index contributed by atoms with van der Waals surface area (Å²) in [6.45, 7) is 1.60. The molecule has 0 spiro atoms. The molecule has 20 heavy (non-hydrogen) atoms. The summed E-state index contributed by atoms with van der Waals surface area (Å²) in [5.74, 6) is 2.05. The number of fused-ring (bicyclic) bond motifs is 1. The van der Waals surface area contributed by atoms with E-state index in [1.807, 2.05) is 26.0 Å². The van der Waals surface area contributed by atoms with Crippen molar-refractivity contribution in [3.63, 3.8) is 0 Å². The summed E-state index contributed by atoms with van der Waals surface area (Å²) in [7, 11) is 5.71. The van der Waals surface area contributed by atoms with Crippen molar-refractivity contribution < 1.29 is 4.74 Å². The first-order valence-corrected chi connectivity index (χ1v) is 7.18.